The Morgan fingerprint density at radius 1 is 0.962 bits per heavy atom. The maximum atomic E-state index is 9.76. The summed E-state index contributed by atoms with van der Waals surface area (Å²) in [5.41, 5.74) is 0.609. The number of hydrogen-bond donors (Lipinski definition) is 1. The van der Waals surface area contributed by atoms with E-state index in [1.54, 1.807) is 30.3 Å². The number of ether oxygens (including phenoxy) is 2. The molecule has 0 amide bonds. The summed E-state index contributed by atoms with van der Waals surface area (Å²) < 4.78 is 11.6. The van der Waals surface area contributed by atoms with E-state index >= 15 is 0 Å². The second-order valence-electron chi connectivity index (χ2n) is 6.11. The predicted octanol–water partition coefficient (Wildman–Crippen LogP) is 4.86. The van der Waals surface area contributed by atoms with Crippen molar-refractivity contribution in [2.75, 3.05) is 0 Å². The lowest BCUT2D eigenvalue weighted by Crippen LogP contribution is -2.13. The molecule has 0 bridgehead atoms. The van der Waals surface area contributed by atoms with Crippen molar-refractivity contribution in [2.24, 2.45) is 0 Å². The third kappa shape index (κ3) is 4.62. The molecule has 0 heterocycles. The SMILES string of the molecule is CC(C)Oc1cc(C#N)c(Sc2ccc(O)cc2)c(C#N)c1OC(C)C. The molecule has 26 heavy (non-hydrogen) atoms. The number of hydrogen-bond acceptors (Lipinski definition) is 6. The van der Waals surface area contributed by atoms with Gasteiger partial charge in [-0.1, -0.05) is 11.8 Å². The highest BCUT2D eigenvalue weighted by atomic mass is 32.2. The van der Waals surface area contributed by atoms with Crippen LogP contribution in [0.2, 0.25) is 0 Å². The fourth-order valence-corrected chi connectivity index (χ4v) is 3.20. The third-order valence-corrected chi connectivity index (χ3v) is 4.34. The Labute approximate surface area is 157 Å². The highest BCUT2D eigenvalue weighted by molar-refractivity contribution is 7.99. The van der Waals surface area contributed by atoms with E-state index in [1.165, 1.54) is 11.8 Å². The lowest BCUT2D eigenvalue weighted by atomic mass is 10.1. The lowest BCUT2D eigenvalue weighted by Gasteiger charge is -2.20. The van der Waals surface area contributed by atoms with Crippen LogP contribution in [0.4, 0.5) is 0 Å². The first kappa shape index (κ1) is 19.5. The summed E-state index contributed by atoms with van der Waals surface area (Å²) in [6.07, 6.45) is -0.283. The number of phenolic OH excluding ortho intramolecular Hbond substituents is 1. The average Bonchev–Trinajstić information content (AvgIpc) is 2.58. The average molecular weight is 368 g/mol. The van der Waals surface area contributed by atoms with Crippen LogP contribution in [0.25, 0.3) is 0 Å². The zero-order valence-corrected chi connectivity index (χ0v) is 15.9. The standard InChI is InChI=1S/C20H20N2O3S/c1-12(2)24-18-9-14(10-21)20(17(11-22)19(18)25-13(3)4)26-16-7-5-15(23)6-8-16/h5-9,12-13,23H,1-4H3. The second-order valence-corrected chi connectivity index (χ2v) is 7.19. The number of phenols is 1. The van der Waals surface area contributed by atoms with Gasteiger partial charge in [-0.15, -0.1) is 0 Å². The van der Waals surface area contributed by atoms with E-state index < -0.39 is 0 Å². The van der Waals surface area contributed by atoms with Gasteiger partial charge >= 0.3 is 0 Å². The van der Waals surface area contributed by atoms with Gasteiger partial charge in [-0.3, -0.25) is 0 Å². The molecule has 0 radical (unpaired) electrons. The van der Waals surface area contributed by atoms with E-state index in [2.05, 4.69) is 12.1 Å². The Morgan fingerprint density at radius 2 is 1.58 bits per heavy atom. The summed E-state index contributed by atoms with van der Waals surface area (Å²) >= 11 is 1.28. The molecule has 0 aromatic heterocycles. The molecule has 0 aliphatic carbocycles. The third-order valence-electron chi connectivity index (χ3n) is 3.20. The van der Waals surface area contributed by atoms with Gasteiger partial charge < -0.3 is 14.6 Å². The van der Waals surface area contributed by atoms with Crippen molar-refractivity contribution < 1.29 is 14.6 Å². The van der Waals surface area contributed by atoms with Crippen LogP contribution in [-0.4, -0.2) is 17.3 Å². The largest absolute Gasteiger partial charge is 0.508 e. The molecule has 6 heteroatoms. The van der Waals surface area contributed by atoms with Gasteiger partial charge in [-0.25, -0.2) is 0 Å². The first-order valence-electron chi connectivity index (χ1n) is 8.17. The van der Waals surface area contributed by atoms with Gasteiger partial charge in [0, 0.05) is 11.0 Å². The molecule has 0 atom stereocenters. The molecule has 0 fully saturated rings. The number of benzene rings is 2. The monoisotopic (exact) mass is 368 g/mol. The summed E-state index contributed by atoms with van der Waals surface area (Å²) in [5, 5.41) is 28.8. The van der Waals surface area contributed by atoms with Crippen LogP contribution in [0.15, 0.2) is 40.1 Å². The Hall–Kier alpha value is -2.83. The minimum absolute atomic E-state index is 0.127. The van der Waals surface area contributed by atoms with E-state index in [1.807, 2.05) is 27.7 Å². The summed E-state index contributed by atoms with van der Waals surface area (Å²) in [6, 6.07) is 12.5. The molecular formula is C20H20N2O3S. The summed E-state index contributed by atoms with van der Waals surface area (Å²) in [5.74, 6) is 0.883. The molecule has 0 saturated carbocycles. The fourth-order valence-electron chi connectivity index (χ4n) is 2.24. The zero-order chi connectivity index (χ0) is 19.3. The van der Waals surface area contributed by atoms with Crippen molar-refractivity contribution in [1.29, 1.82) is 10.5 Å². The highest BCUT2D eigenvalue weighted by Crippen LogP contribution is 2.43. The molecule has 134 valence electrons. The molecule has 0 spiro atoms. The van der Waals surface area contributed by atoms with Crippen LogP contribution in [0, 0.1) is 22.7 Å². The molecule has 5 nitrogen and oxygen atoms in total. The van der Waals surface area contributed by atoms with Gasteiger partial charge in [0.15, 0.2) is 11.5 Å². The molecule has 2 aromatic rings. The van der Waals surface area contributed by atoms with Gasteiger partial charge in [-0.2, -0.15) is 10.5 Å². The van der Waals surface area contributed by atoms with Crippen molar-refractivity contribution >= 4 is 11.8 Å². The van der Waals surface area contributed by atoms with Crippen molar-refractivity contribution in [1.82, 2.24) is 0 Å². The number of aromatic hydroxyl groups is 1. The normalized spacial score (nSPS) is 10.5. The van der Waals surface area contributed by atoms with Gasteiger partial charge in [0.05, 0.1) is 22.7 Å². The van der Waals surface area contributed by atoms with E-state index in [9.17, 15) is 15.6 Å². The van der Waals surface area contributed by atoms with Gasteiger partial charge in [0.25, 0.3) is 0 Å². The fraction of sp³-hybridized carbons (Fsp3) is 0.300. The highest BCUT2D eigenvalue weighted by Gasteiger charge is 2.23. The minimum Gasteiger partial charge on any atom is -0.508 e. The molecule has 2 aromatic carbocycles. The first-order valence-corrected chi connectivity index (χ1v) is 8.98. The van der Waals surface area contributed by atoms with E-state index in [0.29, 0.717) is 22.0 Å². The van der Waals surface area contributed by atoms with Crippen LogP contribution in [-0.2, 0) is 0 Å². The van der Waals surface area contributed by atoms with Crippen LogP contribution in [0.1, 0.15) is 38.8 Å². The summed E-state index contributed by atoms with van der Waals surface area (Å²) in [4.78, 5) is 1.30. The molecule has 1 N–H and O–H groups in total. The van der Waals surface area contributed by atoms with E-state index in [4.69, 9.17) is 9.47 Å². The second kappa shape index (κ2) is 8.51. The molecule has 0 aliphatic rings. The molecule has 2 rings (SSSR count). The molecule has 0 aliphatic heterocycles. The topological polar surface area (TPSA) is 86.3 Å². The van der Waals surface area contributed by atoms with E-state index in [-0.39, 0.29) is 23.5 Å². The predicted molar refractivity (Wildman–Crippen MR) is 99.6 cm³/mol. The van der Waals surface area contributed by atoms with Gasteiger partial charge in [0.1, 0.15) is 23.5 Å². The van der Waals surface area contributed by atoms with Crippen molar-refractivity contribution in [3.05, 3.63) is 41.5 Å². The van der Waals surface area contributed by atoms with Crippen LogP contribution >= 0.6 is 11.8 Å². The smallest absolute Gasteiger partial charge is 0.180 e. The van der Waals surface area contributed by atoms with Crippen molar-refractivity contribution in [3.63, 3.8) is 0 Å². The Bertz CT molecular complexity index is 863. The van der Waals surface area contributed by atoms with Gasteiger partial charge in [0.2, 0.25) is 0 Å². The maximum absolute atomic E-state index is 9.76. The Morgan fingerprint density at radius 3 is 2.08 bits per heavy atom. The summed E-state index contributed by atoms with van der Waals surface area (Å²) in [7, 11) is 0. The van der Waals surface area contributed by atoms with Crippen LogP contribution in [0.3, 0.4) is 0 Å². The number of nitrogens with zero attached hydrogens (tertiary/aromatic N) is 2. The maximum Gasteiger partial charge on any atom is 0.180 e. The first-order chi connectivity index (χ1) is 12.3. The van der Waals surface area contributed by atoms with Crippen molar-refractivity contribution in [2.45, 2.75) is 49.7 Å². The van der Waals surface area contributed by atoms with Crippen LogP contribution in [0.5, 0.6) is 17.2 Å². The molecule has 0 saturated heterocycles. The summed E-state index contributed by atoms with van der Waals surface area (Å²) in [6.45, 7) is 7.48. The van der Waals surface area contributed by atoms with E-state index in [0.717, 1.165) is 4.90 Å². The van der Waals surface area contributed by atoms with Gasteiger partial charge in [-0.05, 0) is 52.0 Å². The quantitative estimate of drug-likeness (QED) is 0.783. The van der Waals surface area contributed by atoms with Crippen LogP contribution < -0.4 is 9.47 Å². The zero-order valence-electron chi connectivity index (χ0n) is 15.1. The minimum atomic E-state index is -0.156. The molecular weight excluding hydrogens is 348 g/mol. The number of rotatable bonds is 6. The Kier molecular flexibility index (Phi) is 6.38. The number of nitriles is 2. The lowest BCUT2D eigenvalue weighted by molar-refractivity contribution is 0.197. The molecule has 0 unspecified atom stereocenters. The Balaban J connectivity index is 2.63. The van der Waals surface area contributed by atoms with Crippen molar-refractivity contribution in [3.8, 4) is 29.4 Å².